The standard InChI is InChI=1S/C26H26N2O3S/c1-4-21(26(29)30)27-15-18-13-22-23(14-24(18)32-3)31-25(28-22)20-12-8-11-19(16(20)2)17-9-6-5-7-10-17/h5-14,21,27H,4,15H2,1-3H3,(H,29,30)/t21-/m0/s1. The molecule has 2 N–H and O–H groups in total. The summed E-state index contributed by atoms with van der Waals surface area (Å²) in [6, 6.07) is 19.9. The summed E-state index contributed by atoms with van der Waals surface area (Å²) in [6.45, 7) is 4.41. The highest BCUT2D eigenvalue weighted by atomic mass is 32.2. The van der Waals surface area contributed by atoms with Gasteiger partial charge in [0.15, 0.2) is 5.58 Å². The lowest BCUT2D eigenvalue weighted by Crippen LogP contribution is -2.35. The lowest BCUT2D eigenvalue weighted by molar-refractivity contribution is -0.139. The summed E-state index contributed by atoms with van der Waals surface area (Å²) in [5.41, 5.74) is 6.89. The number of nitrogens with zero attached hydrogens (tertiary/aromatic N) is 1. The predicted molar refractivity (Wildman–Crippen MR) is 130 cm³/mol. The number of oxazole rings is 1. The van der Waals surface area contributed by atoms with Crippen molar-refractivity contribution in [2.24, 2.45) is 0 Å². The second kappa shape index (κ2) is 9.59. The molecule has 0 bridgehead atoms. The summed E-state index contributed by atoms with van der Waals surface area (Å²) in [5.74, 6) is -0.249. The van der Waals surface area contributed by atoms with Gasteiger partial charge in [0.05, 0.1) is 0 Å². The number of aliphatic carboxylic acids is 1. The number of rotatable bonds is 8. The van der Waals surface area contributed by atoms with Crippen molar-refractivity contribution in [3.63, 3.8) is 0 Å². The average Bonchev–Trinajstić information content (AvgIpc) is 3.22. The lowest BCUT2D eigenvalue weighted by atomic mass is 9.96. The summed E-state index contributed by atoms with van der Waals surface area (Å²) in [5, 5.41) is 12.4. The van der Waals surface area contributed by atoms with Crippen LogP contribution in [0.2, 0.25) is 0 Å². The minimum atomic E-state index is -0.836. The second-order valence-corrected chi connectivity index (χ2v) is 8.52. The molecule has 5 nitrogen and oxygen atoms in total. The van der Waals surface area contributed by atoms with Crippen molar-refractivity contribution in [3.05, 3.63) is 71.8 Å². The third-order valence-corrected chi connectivity index (χ3v) is 6.50. The molecule has 3 aromatic carbocycles. The quantitative estimate of drug-likeness (QED) is 0.316. The molecule has 0 aliphatic heterocycles. The fourth-order valence-electron chi connectivity index (χ4n) is 3.88. The van der Waals surface area contributed by atoms with Gasteiger partial charge in [-0.2, -0.15) is 0 Å². The molecule has 0 aliphatic carbocycles. The van der Waals surface area contributed by atoms with Crippen LogP contribution in [0.1, 0.15) is 24.5 Å². The fourth-order valence-corrected chi connectivity index (χ4v) is 4.50. The van der Waals surface area contributed by atoms with Crippen molar-refractivity contribution in [2.45, 2.75) is 37.8 Å². The molecule has 0 amide bonds. The van der Waals surface area contributed by atoms with Crippen molar-refractivity contribution >= 4 is 28.8 Å². The summed E-state index contributed by atoms with van der Waals surface area (Å²) in [7, 11) is 0. The predicted octanol–water partition coefficient (Wildman–Crippen LogP) is 6.14. The average molecular weight is 447 g/mol. The highest BCUT2D eigenvalue weighted by Gasteiger charge is 2.18. The van der Waals surface area contributed by atoms with E-state index in [1.165, 1.54) is 0 Å². The molecule has 4 aromatic rings. The molecule has 6 heteroatoms. The van der Waals surface area contributed by atoms with Gasteiger partial charge < -0.3 is 14.8 Å². The third kappa shape index (κ3) is 4.42. The Morgan fingerprint density at radius 3 is 2.56 bits per heavy atom. The summed E-state index contributed by atoms with van der Waals surface area (Å²) < 4.78 is 6.17. The number of carbonyl (C=O) groups is 1. The van der Waals surface area contributed by atoms with E-state index in [9.17, 15) is 9.90 Å². The van der Waals surface area contributed by atoms with Gasteiger partial charge in [0.2, 0.25) is 5.89 Å². The van der Waals surface area contributed by atoms with Crippen molar-refractivity contribution < 1.29 is 14.3 Å². The first-order chi connectivity index (χ1) is 15.5. The van der Waals surface area contributed by atoms with Crippen LogP contribution in [0, 0.1) is 6.92 Å². The Kier molecular flexibility index (Phi) is 6.63. The molecule has 0 fully saturated rings. The van der Waals surface area contributed by atoms with Gasteiger partial charge in [-0.15, -0.1) is 11.8 Å². The number of carboxylic acid groups (broad SMARTS) is 1. The maximum absolute atomic E-state index is 11.3. The van der Waals surface area contributed by atoms with E-state index >= 15 is 0 Å². The number of hydrogen-bond donors (Lipinski definition) is 2. The Hall–Kier alpha value is -3.09. The molecule has 1 atom stereocenters. The fraction of sp³-hybridized carbons (Fsp3) is 0.231. The first kappa shape index (κ1) is 22.1. The van der Waals surface area contributed by atoms with E-state index in [0.29, 0.717) is 18.9 Å². The molecule has 0 saturated heterocycles. The molecule has 0 radical (unpaired) electrons. The summed E-state index contributed by atoms with van der Waals surface area (Å²) in [4.78, 5) is 17.2. The van der Waals surface area contributed by atoms with Crippen LogP contribution in [0.25, 0.3) is 33.7 Å². The van der Waals surface area contributed by atoms with Gasteiger partial charge in [0.25, 0.3) is 0 Å². The van der Waals surface area contributed by atoms with Gasteiger partial charge in [-0.1, -0.05) is 49.4 Å². The highest BCUT2D eigenvalue weighted by molar-refractivity contribution is 7.98. The molecule has 0 aliphatic rings. The van der Waals surface area contributed by atoms with Crippen LogP contribution < -0.4 is 5.32 Å². The Morgan fingerprint density at radius 2 is 1.88 bits per heavy atom. The van der Waals surface area contributed by atoms with Crippen LogP contribution >= 0.6 is 11.8 Å². The van der Waals surface area contributed by atoms with Gasteiger partial charge in [-0.3, -0.25) is 4.79 Å². The third-order valence-electron chi connectivity index (χ3n) is 5.68. The molecule has 1 heterocycles. The zero-order valence-electron chi connectivity index (χ0n) is 18.4. The van der Waals surface area contributed by atoms with Gasteiger partial charge >= 0.3 is 5.97 Å². The van der Waals surface area contributed by atoms with Crippen LogP contribution in [0.3, 0.4) is 0 Å². The van der Waals surface area contributed by atoms with Gasteiger partial charge in [-0.25, -0.2) is 4.98 Å². The number of carboxylic acids is 1. The molecular weight excluding hydrogens is 420 g/mol. The molecule has 0 saturated carbocycles. The van der Waals surface area contributed by atoms with Crippen molar-refractivity contribution in [1.82, 2.24) is 10.3 Å². The molecule has 0 spiro atoms. The summed E-state index contributed by atoms with van der Waals surface area (Å²) in [6.07, 6.45) is 2.53. The van der Waals surface area contributed by atoms with Crippen molar-refractivity contribution in [3.8, 4) is 22.6 Å². The minimum absolute atomic E-state index is 0.460. The van der Waals surface area contributed by atoms with Crippen LogP contribution in [0.15, 0.2) is 70.0 Å². The van der Waals surface area contributed by atoms with Crippen molar-refractivity contribution in [1.29, 1.82) is 0 Å². The van der Waals surface area contributed by atoms with Gasteiger partial charge in [0.1, 0.15) is 11.6 Å². The summed E-state index contributed by atoms with van der Waals surface area (Å²) >= 11 is 1.61. The van der Waals surface area contributed by atoms with Gasteiger partial charge in [-0.05, 0) is 60.1 Å². The van der Waals surface area contributed by atoms with Crippen LogP contribution in [-0.2, 0) is 11.3 Å². The largest absolute Gasteiger partial charge is 0.480 e. The molecule has 4 rings (SSSR count). The lowest BCUT2D eigenvalue weighted by Gasteiger charge is -2.13. The van der Waals surface area contributed by atoms with Gasteiger partial charge in [0, 0.05) is 17.0 Å². The van der Waals surface area contributed by atoms with E-state index in [1.807, 2.05) is 55.6 Å². The Bertz CT molecular complexity index is 1250. The molecule has 0 unspecified atom stereocenters. The van der Waals surface area contributed by atoms with E-state index in [0.717, 1.165) is 43.8 Å². The molecule has 32 heavy (non-hydrogen) atoms. The van der Waals surface area contributed by atoms with E-state index in [2.05, 4.69) is 30.4 Å². The maximum atomic E-state index is 11.3. The zero-order chi connectivity index (χ0) is 22.7. The molecular formula is C26H26N2O3S. The molecule has 164 valence electrons. The topological polar surface area (TPSA) is 75.4 Å². The van der Waals surface area contributed by atoms with Crippen LogP contribution in [0.4, 0.5) is 0 Å². The number of hydrogen-bond acceptors (Lipinski definition) is 5. The molecule has 1 aromatic heterocycles. The van der Waals surface area contributed by atoms with Crippen LogP contribution in [-0.4, -0.2) is 28.4 Å². The maximum Gasteiger partial charge on any atom is 0.320 e. The SMILES string of the molecule is CC[C@H](NCc1cc2nc(-c3cccc(-c4ccccc4)c3C)oc2cc1SC)C(=O)O. The minimum Gasteiger partial charge on any atom is -0.480 e. The zero-order valence-corrected chi connectivity index (χ0v) is 19.2. The number of fused-ring (bicyclic) bond motifs is 1. The Morgan fingerprint density at radius 1 is 1.12 bits per heavy atom. The number of nitrogens with one attached hydrogen (secondary N) is 1. The first-order valence-electron chi connectivity index (χ1n) is 10.6. The Labute approximate surface area is 191 Å². The Balaban J connectivity index is 1.71. The number of aromatic nitrogens is 1. The monoisotopic (exact) mass is 446 g/mol. The van der Waals surface area contributed by atoms with E-state index < -0.39 is 12.0 Å². The number of thioether (sulfide) groups is 1. The number of benzene rings is 3. The second-order valence-electron chi connectivity index (χ2n) is 7.67. The van der Waals surface area contributed by atoms with Crippen molar-refractivity contribution in [2.75, 3.05) is 6.26 Å². The van der Waals surface area contributed by atoms with E-state index in [1.54, 1.807) is 11.8 Å². The van der Waals surface area contributed by atoms with Crippen LogP contribution in [0.5, 0.6) is 0 Å². The van der Waals surface area contributed by atoms with E-state index in [4.69, 9.17) is 9.40 Å². The normalized spacial score (nSPS) is 12.2. The first-order valence-corrected chi connectivity index (χ1v) is 11.8. The smallest absolute Gasteiger partial charge is 0.320 e. The highest BCUT2D eigenvalue weighted by Crippen LogP contribution is 2.34. The van der Waals surface area contributed by atoms with E-state index in [-0.39, 0.29) is 0 Å².